The topological polar surface area (TPSA) is 9.23 Å². The minimum absolute atomic E-state index is 0.160. The van der Waals surface area contributed by atoms with Gasteiger partial charge in [0.05, 0.1) is 0 Å². The van der Waals surface area contributed by atoms with Crippen molar-refractivity contribution in [2.45, 2.75) is 77.2 Å². The summed E-state index contributed by atoms with van der Waals surface area (Å²) in [4.78, 5) is 0. The van der Waals surface area contributed by atoms with E-state index in [2.05, 4.69) is 37.3 Å². The highest BCUT2D eigenvalue weighted by Crippen LogP contribution is 2.26. The zero-order valence-electron chi connectivity index (χ0n) is 15.8. The molecule has 25 heavy (non-hydrogen) atoms. The molecule has 1 nitrogen and oxygen atoms in total. The molecule has 0 saturated carbocycles. The molecule has 1 atom stereocenters. The summed E-state index contributed by atoms with van der Waals surface area (Å²) in [7, 11) is 0. The van der Waals surface area contributed by atoms with Crippen LogP contribution in [-0.4, -0.2) is 0 Å². The molecule has 0 amide bonds. The Morgan fingerprint density at radius 2 is 1.16 bits per heavy atom. The van der Waals surface area contributed by atoms with E-state index in [1.54, 1.807) is 0 Å². The molecule has 0 aromatic heterocycles. The van der Waals surface area contributed by atoms with Gasteiger partial charge in [0.15, 0.2) is 0 Å². The largest absolute Gasteiger partial charge is 0.486 e. The quantitative estimate of drug-likeness (QED) is 0.339. The molecule has 1 unspecified atom stereocenters. The van der Waals surface area contributed by atoms with Crippen LogP contribution in [0.4, 0.5) is 0 Å². The fraction of sp³-hybridized carbons (Fsp3) is 0.500. The van der Waals surface area contributed by atoms with E-state index in [1.807, 2.05) is 30.3 Å². The number of unbranched alkanes of at least 4 members (excludes halogenated alkanes) is 8. The Balaban J connectivity index is 1.72. The average molecular weight is 339 g/mol. The summed E-state index contributed by atoms with van der Waals surface area (Å²) >= 11 is 0. The van der Waals surface area contributed by atoms with Crippen LogP contribution >= 0.6 is 0 Å². The van der Waals surface area contributed by atoms with E-state index in [9.17, 15) is 0 Å². The average Bonchev–Trinajstić information content (AvgIpc) is 2.67. The lowest BCUT2D eigenvalue weighted by molar-refractivity contribution is 0.190. The molecule has 1 heteroatoms. The molecular weight excluding hydrogens is 304 g/mol. The summed E-state index contributed by atoms with van der Waals surface area (Å²) < 4.78 is 6.27. The van der Waals surface area contributed by atoms with Crippen LogP contribution in [0, 0.1) is 0 Å². The van der Waals surface area contributed by atoms with Crippen molar-refractivity contribution < 1.29 is 4.74 Å². The number of rotatable bonds is 13. The summed E-state index contributed by atoms with van der Waals surface area (Å²) in [5, 5.41) is 0. The Morgan fingerprint density at radius 1 is 0.640 bits per heavy atom. The van der Waals surface area contributed by atoms with Crippen molar-refractivity contribution in [1.82, 2.24) is 0 Å². The summed E-state index contributed by atoms with van der Waals surface area (Å²) in [6.45, 7) is 2.28. The summed E-state index contributed by atoms with van der Waals surface area (Å²) in [6, 6.07) is 20.8. The normalized spacial score (nSPS) is 12.0. The van der Waals surface area contributed by atoms with Gasteiger partial charge in [0.1, 0.15) is 11.9 Å². The summed E-state index contributed by atoms with van der Waals surface area (Å²) in [5.41, 5.74) is 1.28. The Hall–Kier alpha value is -1.76. The van der Waals surface area contributed by atoms with Crippen LogP contribution in [0.3, 0.4) is 0 Å². The SMILES string of the molecule is CCCCCCCCCCCC(Oc1ccccc1)c1ccccc1. The molecule has 0 spiro atoms. The number of ether oxygens (including phenoxy) is 1. The minimum Gasteiger partial charge on any atom is -0.486 e. The Bertz CT molecular complexity index is 535. The number of hydrogen-bond acceptors (Lipinski definition) is 1. The van der Waals surface area contributed by atoms with Crippen LogP contribution in [0.5, 0.6) is 5.75 Å². The lowest BCUT2D eigenvalue weighted by Gasteiger charge is -2.19. The van der Waals surface area contributed by atoms with E-state index in [1.165, 1.54) is 63.4 Å². The van der Waals surface area contributed by atoms with E-state index in [4.69, 9.17) is 4.74 Å². The van der Waals surface area contributed by atoms with Gasteiger partial charge < -0.3 is 4.74 Å². The first-order valence-corrected chi connectivity index (χ1v) is 10.2. The molecule has 0 aliphatic heterocycles. The molecule has 0 aliphatic carbocycles. The first-order chi connectivity index (χ1) is 12.4. The molecule has 0 bridgehead atoms. The molecule has 2 aromatic carbocycles. The van der Waals surface area contributed by atoms with Crippen LogP contribution < -0.4 is 4.74 Å². The van der Waals surface area contributed by atoms with Crippen molar-refractivity contribution in [2.24, 2.45) is 0 Å². The van der Waals surface area contributed by atoms with Gasteiger partial charge in [0, 0.05) is 0 Å². The third-order valence-electron chi connectivity index (χ3n) is 4.76. The lowest BCUT2D eigenvalue weighted by Crippen LogP contribution is -2.07. The van der Waals surface area contributed by atoms with E-state index >= 15 is 0 Å². The van der Waals surface area contributed by atoms with Gasteiger partial charge in [-0.15, -0.1) is 0 Å². The molecule has 0 aliphatic rings. The molecule has 136 valence electrons. The van der Waals surface area contributed by atoms with Crippen LogP contribution in [0.1, 0.15) is 82.8 Å². The molecule has 0 heterocycles. The maximum absolute atomic E-state index is 6.27. The van der Waals surface area contributed by atoms with Crippen molar-refractivity contribution >= 4 is 0 Å². The standard InChI is InChI=1S/C24H34O/c1-2-3-4-5-6-7-8-9-16-21-24(22-17-12-10-13-18-22)25-23-19-14-11-15-20-23/h10-15,17-20,24H,2-9,16,21H2,1H3. The Kier molecular flexibility index (Phi) is 9.84. The van der Waals surface area contributed by atoms with Gasteiger partial charge in [-0.1, -0.05) is 107 Å². The number of hydrogen-bond donors (Lipinski definition) is 0. The van der Waals surface area contributed by atoms with Gasteiger partial charge in [-0.3, -0.25) is 0 Å². The highest BCUT2D eigenvalue weighted by Gasteiger charge is 2.12. The van der Waals surface area contributed by atoms with Crippen molar-refractivity contribution in [2.75, 3.05) is 0 Å². The second-order valence-corrected chi connectivity index (χ2v) is 6.95. The lowest BCUT2D eigenvalue weighted by atomic mass is 10.0. The maximum atomic E-state index is 6.27. The van der Waals surface area contributed by atoms with Gasteiger partial charge in [-0.05, 0) is 30.5 Å². The minimum atomic E-state index is 0.160. The molecule has 2 aromatic rings. The zero-order chi connectivity index (χ0) is 17.6. The van der Waals surface area contributed by atoms with Crippen molar-refractivity contribution in [3.63, 3.8) is 0 Å². The van der Waals surface area contributed by atoms with E-state index in [-0.39, 0.29) is 6.10 Å². The molecule has 0 saturated heterocycles. The third kappa shape index (κ3) is 8.25. The van der Waals surface area contributed by atoms with E-state index in [0.717, 1.165) is 12.2 Å². The molecule has 0 N–H and O–H groups in total. The second kappa shape index (κ2) is 12.6. The zero-order valence-corrected chi connectivity index (χ0v) is 15.8. The van der Waals surface area contributed by atoms with Gasteiger partial charge in [0.25, 0.3) is 0 Å². The van der Waals surface area contributed by atoms with Crippen molar-refractivity contribution in [3.8, 4) is 5.75 Å². The van der Waals surface area contributed by atoms with Crippen LogP contribution in [0.25, 0.3) is 0 Å². The monoisotopic (exact) mass is 338 g/mol. The Labute approximate surface area is 154 Å². The van der Waals surface area contributed by atoms with E-state index < -0.39 is 0 Å². The Morgan fingerprint density at radius 3 is 1.76 bits per heavy atom. The second-order valence-electron chi connectivity index (χ2n) is 6.95. The molecule has 0 radical (unpaired) electrons. The molecular formula is C24H34O. The first kappa shape index (κ1) is 19.6. The van der Waals surface area contributed by atoms with E-state index in [0.29, 0.717) is 0 Å². The van der Waals surface area contributed by atoms with Crippen LogP contribution in [0.15, 0.2) is 60.7 Å². The van der Waals surface area contributed by atoms with Crippen LogP contribution in [-0.2, 0) is 0 Å². The van der Waals surface area contributed by atoms with Crippen molar-refractivity contribution in [1.29, 1.82) is 0 Å². The smallest absolute Gasteiger partial charge is 0.124 e. The van der Waals surface area contributed by atoms with Gasteiger partial charge in [0.2, 0.25) is 0 Å². The third-order valence-corrected chi connectivity index (χ3v) is 4.76. The highest BCUT2D eigenvalue weighted by atomic mass is 16.5. The van der Waals surface area contributed by atoms with Gasteiger partial charge in [-0.2, -0.15) is 0 Å². The predicted octanol–water partition coefficient (Wildman–Crippen LogP) is 7.73. The molecule has 2 rings (SSSR count). The number of benzene rings is 2. The molecule has 0 fully saturated rings. The fourth-order valence-electron chi connectivity index (χ4n) is 3.27. The maximum Gasteiger partial charge on any atom is 0.124 e. The highest BCUT2D eigenvalue weighted by molar-refractivity contribution is 5.24. The fourth-order valence-corrected chi connectivity index (χ4v) is 3.27. The predicted molar refractivity (Wildman–Crippen MR) is 108 cm³/mol. The summed E-state index contributed by atoms with van der Waals surface area (Å²) in [6.07, 6.45) is 13.5. The number of para-hydroxylation sites is 1. The van der Waals surface area contributed by atoms with Gasteiger partial charge in [-0.25, -0.2) is 0 Å². The van der Waals surface area contributed by atoms with Crippen LogP contribution in [0.2, 0.25) is 0 Å². The summed E-state index contributed by atoms with van der Waals surface area (Å²) in [5.74, 6) is 0.965. The van der Waals surface area contributed by atoms with Gasteiger partial charge >= 0.3 is 0 Å². The van der Waals surface area contributed by atoms with Crippen molar-refractivity contribution in [3.05, 3.63) is 66.2 Å². The first-order valence-electron chi connectivity index (χ1n) is 10.2.